The average molecular weight is 290 g/mol. The number of hydrogen-bond donors (Lipinski definition) is 4. The Labute approximate surface area is 120 Å². The van der Waals surface area contributed by atoms with Crippen LogP contribution in [0.4, 0.5) is 0 Å². The van der Waals surface area contributed by atoms with Gasteiger partial charge in [-0.25, -0.2) is 0 Å². The number of aromatic hydroxyl groups is 4. The molecule has 1 unspecified atom stereocenters. The lowest BCUT2D eigenvalue weighted by Gasteiger charge is -2.16. The van der Waals surface area contributed by atoms with Gasteiger partial charge in [0.15, 0.2) is 11.5 Å². The first-order valence-electron chi connectivity index (χ1n) is 6.05. The van der Waals surface area contributed by atoms with Gasteiger partial charge in [-0.3, -0.25) is 0 Å². The van der Waals surface area contributed by atoms with Gasteiger partial charge in [0.25, 0.3) is 0 Å². The van der Waals surface area contributed by atoms with Gasteiger partial charge in [0, 0.05) is 12.1 Å². The van der Waals surface area contributed by atoms with Crippen LogP contribution >= 0.6 is 0 Å². The second kappa shape index (κ2) is 5.62. The minimum Gasteiger partial charge on any atom is -0.508 e. The molecule has 6 nitrogen and oxygen atoms in total. The number of ether oxygens (including phenoxy) is 1. The van der Waals surface area contributed by atoms with Gasteiger partial charge in [-0.1, -0.05) is 6.07 Å². The van der Waals surface area contributed by atoms with Crippen molar-refractivity contribution in [1.29, 1.82) is 0 Å². The second-order valence-corrected chi connectivity index (χ2v) is 4.44. The normalized spacial score (nSPS) is 11.9. The molecule has 0 amide bonds. The Kier molecular flexibility index (Phi) is 3.89. The largest absolute Gasteiger partial charge is 0.508 e. The monoisotopic (exact) mass is 290 g/mol. The summed E-state index contributed by atoms with van der Waals surface area (Å²) < 4.78 is 4.96. The van der Waals surface area contributed by atoms with E-state index in [0.717, 1.165) is 12.1 Å². The van der Waals surface area contributed by atoms with Crippen LogP contribution < -0.4 is 4.74 Å². The third kappa shape index (κ3) is 2.69. The SMILES string of the molecule is COc1cc(C(C=O)c2c(O)cc(O)cc2O)ccc1O. The summed E-state index contributed by atoms with van der Waals surface area (Å²) in [6.45, 7) is 0. The molecule has 0 aliphatic rings. The van der Waals surface area contributed by atoms with Gasteiger partial charge in [0.05, 0.1) is 18.6 Å². The van der Waals surface area contributed by atoms with Crippen LogP contribution in [0.25, 0.3) is 0 Å². The molecule has 0 bridgehead atoms. The molecule has 4 N–H and O–H groups in total. The quantitative estimate of drug-likeness (QED) is 0.640. The summed E-state index contributed by atoms with van der Waals surface area (Å²) in [4.78, 5) is 11.4. The molecule has 0 saturated carbocycles. The molecule has 2 aromatic carbocycles. The maximum Gasteiger partial charge on any atom is 0.160 e. The molecule has 110 valence electrons. The van der Waals surface area contributed by atoms with Gasteiger partial charge in [0.1, 0.15) is 23.5 Å². The Balaban J connectivity index is 2.57. The highest BCUT2D eigenvalue weighted by atomic mass is 16.5. The summed E-state index contributed by atoms with van der Waals surface area (Å²) in [5.41, 5.74) is 0.381. The van der Waals surface area contributed by atoms with Crippen molar-refractivity contribution in [3.8, 4) is 28.7 Å². The first-order valence-corrected chi connectivity index (χ1v) is 6.05. The maximum atomic E-state index is 11.4. The van der Waals surface area contributed by atoms with Gasteiger partial charge in [-0.2, -0.15) is 0 Å². The minimum absolute atomic E-state index is 0.0319. The Bertz CT molecular complexity index is 657. The highest BCUT2D eigenvalue weighted by molar-refractivity contribution is 5.73. The molecule has 0 aliphatic carbocycles. The lowest BCUT2D eigenvalue weighted by molar-refractivity contribution is -0.108. The molecule has 21 heavy (non-hydrogen) atoms. The van der Waals surface area contributed by atoms with Crippen molar-refractivity contribution >= 4 is 6.29 Å². The van der Waals surface area contributed by atoms with Crippen molar-refractivity contribution in [3.05, 3.63) is 41.5 Å². The fraction of sp³-hybridized carbons (Fsp3) is 0.133. The second-order valence-electron chi connectivity index (χ2n) is 4.44. The Morgan fingerprint density at radius 1 is 1.00 bits per heavy atom. The van der Waals surface area contributed by atoms with E-state index in [1.807, 2.05) is 0 Å². The molecule has 2 rings (SSSR count). The standard InChI is InChI=1S/C15H14O6/c1-21-14-4-8(2-3-11(14)18)10(7-16)15-12(19)5-9(17)6-13(15)20/h2-7,10,17-20H,1H3. The van der Waals surface area contributed by atoms with Crippen LogP contribution in [0.15, 0.2) is 30.3 Å². The summed E-state index contributed by atoms with van der Waals surface area (Å²) in [7, 11) is 1.37. The molecular formula is C15H14O6. The van der Waals surface area contributed by atoms with Crippen LogP contribution in [-0.4, -0.2) is 33.8 Å². The zero-order valence-electron chi connectivity index (χ0n) is 11.1. The highest BCUT2D eigenvalue weighted by Gasteiger charge is 2.23. The third-order valence-electron chi connectivity index (χ3n) is 3.13. The van der Waals surface area contributed by atoms with Crippen LogP contribution in [-0.2, 0) is 4.79 Å². The minimum atomic E-state index is -0.972. The average Bonchev–Trinajstić information content (AvgIpc) is 2.43. The van der Waals surface area contributed by atoms with Crippen LogP contribution in [0.3, 0.4) is 0 Å². The molecule has 1 atom stereocenters. The van der Waals surface area contributed by atoms with Crippen LogP contribution in [0.2, 0.25) is 0 Å². The van der Waals surface area contributed by atoms with Gasteiger partial charge < -0.3 is 30.0 Å². The van der Waals surface area contributed by atoms with E-state index >= 15 is 0 Å². The van der Waals surface area contributed by atoms with Crippen molar-refractivity contribution < 1.29 is 30.0 Å². The molecule has 0 aromatic heterocycles. The maximum absolute atomic E-state index is 11.4. The number of carbonyl (C=O) groups is 1. The van der Waals surface area contributed by atoms with E-state index in [1.54, 1.807) is 0 Å². The van der Waals surface area contributed by atoms with Gasteiger partial charge in [0.2, 0.25) is 0 Å². The molecule has 6 heteroatoms. The molecule has 0 aliphatic heterocycles. The summed E-state index contributed by atoms with van der Waals surface area (Å²) in [6.07, 6.45) is 0.539. The number of benzene rings is 2. The zero-order valence-corrected chi connectivity index (χ0v) is 11.1. The Morgan fingerprint density at radius 3 is 2.14 bits per heavy atom. The van der Waals surface area contributed by atoms with Gasteiger partial charge >= 0.3 is 0 Å². The highest BCUT2D eigenvalue weighted by Crippen LogP contribution is 2.41. The van der Waals surface area contributed by atoms with Gasteiger partial charge in [-0.05, 0) is 17.7 Å². The number of aldehydes is 1. The van der Waals surface area contributed by atoms with Crippen molar-refractivity contribution in [2.24, 2.45) is 0 Å². The molecule has 2 aromatic rings. The number of rotatable bonds is 4. The fourth-order valence-electron chi connectivity index (χ4n) is 2.13. The van der Waals surface area contributed by atoms with E-state index in [4.69, 9.17) is 4.74 Å². The Morgan fingerprint density at radius 2 is 1.62 bits per heavy atom. The zero-order chi connectivity index (χ0) is 15.6. The number of phenolic OH excluding ortho intramolecular Hbond substituents is 4. The third-order valence-corrected chi connectivity index (χ3v) is 3.13. The lowest BCUT2D eigenvalue weighted by atomic mass is 9.90. The topological polar surface area (TPSA) is 107 Å². The van der Waals surface area contributed by atoms with E-state index < -0.39 is 17.4 Å². The summed E-state index contributed by atoms with van der Waals surface area (Å²) in [5, 5.41) is 38.6. The van der Waals surface area contributed by atoms with Gasteiger partial charge in [-0.15, -0.1) is 0 Å². The fourth-order valence-corrected chi connectivity index (χ4v) is 2.13. The number of carbonyl (C=O) groups excluding carboxylic acids is 1. The summed E-state index contributed by atoms with van der Waals surface area (Å²) >= 11 is 0. The van der Waals surface area contributed by atoms with Crippen LogP contribution in [0, 0.1) is 0 Å². The smallest absolute Gasteiger partial charge is 0.160 e. The molecular weight excluding hydrogens is 276 g/mol. The summed E-state index contributed by atoms with van der Waals surface area (Å²) in [5.74, 6) is -2.03. The lowest BCUT2D eigenvalue weighted by Crippen LogP contribution is -2.04. The Hall–Kier alpha value is -2.89. The van der Waals surface area contributed by atoms with Crippen molar-refractivity contribution in [3.63, 3.8) is 0 Å². The van der Waals surface area contributed by atoms with E-state index in [0.29, 0.717) is 11.8 Å². The molecule has 0 radical (unpaired) electrons. The molecule has 0 saturated heterocycles. The number of methoxy groups -OCH3 is 1. The van der Waals surface area contributed by atoms with Crippen LogP contribution in [0.1, 0.15) is 17.0 Å². The predicted octanol–water partition coefficient (Wildman–Crippen LogP) is 1.85. The molecule has 0 heterocycles. The van der Waals surface area contributed by atoms with E-state index in [9.17, 15) is 25.2 Å². The van der Waals surface area contributed by atoms with Crippen molar-refractivity contribution in [2.45, 2.75) is 5.92 Å². The first-order chi connectivity index (χ1) is 9.97. The molecule has 0 spiro atoms. The van der Waals surface area contributed by atoms with Crippen molar-refractivity contribution in [2.75, 3.05) is 7.11 Å². The summed E-state index contributed by atoms with van der Waals surface area (Å²) in [6, 6.07) is 6.31. The predicted molar refractivity (Wildman–Crippen MR) is 74.0 cm³/mol. The number of hydrogen-bond acceptors (Lipinski definition) is 6. The van der Waals surface area contributed by atoms with Crippen molar-refractivity contribution in [1.82, 2.24) is 0 Å². The van der Waals surface area contributed by atoms with E-state index in [2.05, 4.69) is 0 Å². The number of phenols is 4. The first kappa shape index (κ1) is 14.5. The van der Waals surface area contributed by atoms with Crippen LogP contribution in [0.5, 0.6) is 28.7 Å². The van der Waals surface area contributed by atoms with E-state index in [1.165, 1.54) is 25.3 Å². The van der Waals surface area contributed by atoms with E-state index in [-0.39, 0.29) is 22.8 Å². The molecule has 0 fully saturated rings.